The number of hydrogen-bond acceptors (Lipinski definition) is 6. The largest absolute Gasteiger partial charge is 0.444 e. The minimum Gasteiger partial charge on any atom is -0.444 e. The number of carbonyl (C=O) groups is 4. The van der Waals surface area contributed by atoms with Crippen LogP contribution in [0.1, 0.15) is 51.7 Å². The van der Waals surface area contributed by atoms with Gasteiger partial charge in [-0.15, -0.1) is 0 Å². The van der Waals surface area contributed by atoms with Gasteiger partial charge in [-0.05, 0) is 35.8 Å². The maximum Gasteiger partial charge on any atom is 0.417 e. The van der Waals surface area contributed by atoms with E-state index in [2.05, 4.69) is 5.32 Å². The van der Waals surface area contributed by atoms with Crippen molar-refractivity contribution in [1.82, 2.24) is 10.2 Å². The third kappa shape index (κ3) is 9.80. The van der Waals surface area contributed by atoms with Crippen LogP contribution in [-0.2, 0) is 32.1 Å². The summed E-state index contributed by atoms with van der Waals surface area (Å²) in [5.41, 5.74) is 7.56. The Hall–Kier alpha value is -3.52. The van der Waals surface area contributed by atoms with E-state index in [0.29, 0.717) is 12.7 Å². The molecule has 0 aliphatic rings. The predicted molar refractivity (Wildman–Crippen MR) is 142 cm³/mol. The Kier molecular flexibility index (Phi) is 12.0. The standard InChI is InChI=1S/C29H39N3O5/c1-20(2)15-25(30)27(34)31-26(16-21(3)4)28(35)32(24(18-33)17-22-11-7-5-8-12-22)29(36)37-19-23-13-9-6-10-14-23/h5-14,18,20-21,24-26H,15-17,19,30H2,1-4H3,(H,31,34)/t24-,25-,26-/m0/s1. The molecule has 0 aliphatic carbocycles. The number of nitrogens with zero attached hydrogens (tertiary/aromatic N) is 1. The van der Waals surface area contributed by atoms with E-state index >= 15 is 0 Å². The molecule has 0 unspecified atom stereocenters. The average molecular weight is 510 g/mol. The maximum absolute atomic E-state index is 13.8. The van der Waals surface area contributed by atoms with Crippen molar-refractivity contribution in [2.45, 2.75) is 71.7 Å². The summed E-state index contributed by atoms with van der Waals surface area (Å²) in [5, 5.41) is 2.73. The first-order valence-electron chi connectivity index (χ1n) is 12.7. The highest BCUT2D eigenvalue weighted by atomic mass is 16.6. The van der Waals surface area contributed by atoms with Gasteiger partial charge in [-0.2, -0.15) is 0 Å². The highest BCUT2D eigenvalue weighted by Gasteiger charge is 2.37. The quantitative estimate of drug-likeness (QED) is 0.396. The normalized spacial score (nSPS) is 13.5. The first kappa shape index (κ1) is 29.7. The van der Waals surface area contributed by atoms with Crippen LogP contribution >= 0.6 is 0 Å². The van der Waals surface area contributed by atoms with Crippen LogP contribution in [-0.4, -0.2) is 47.2 Å². The van der Waals surface area contributed by atoms with Crippen molar-refractivity contribution < 1.29 is 23.9 Å². The smallest absolute Gasteiger partial charge is 0.417 e. The highest BCUT2D eigenvalue weighted by molar-refractivity contribution is 5.99. The predicted octanol–water partition coefficient (Wildman–Crippen LogP) is 3.87. The summed E-state index contributed by atoms with van der Waals surface area (Å²) >= 11 is 0. The summed E-state index contributed by atoms with van der Waals surface area (Å²) in [5.74, 6) is -0.975. The van der Waals surface area contributed by atoms with Gasteiger partial charge in [0.1, 0.15) is 25.0 Å². The number of benzene rings is 2. The van der Waals surface area contributed by atoms with E-state index in [4.69, 9.17) is 10.5 Å². The molecule has 0 bridgehead atoms. The van der Waals surface area contributed by atoms with Crippen LogP contribution in [0, 0.1) is 11.8 Å². The second-order valence-corrected chi connectivity index (χ2v) is 10.1. The molecule has 3 amide bonds. The number of rotatable bonds is 13. The van der Waals surface area contributed by atoms with Crippen LogP contribution in [0.2, 0.25) is 0 Å². The number of nitrogens with two attached hydrogens (primary N) is 1. The van der Waals surface area contributed by atoms with Crippen LogP contribution in [0.25, 0.3) is 0 Å². The average Bonchev–Trinajstić information content (AvgIpc) is 2.87. The Morgan fingerprint density at radius 1 is 0.892 bits per heavy atom. The zero-order valence-corrected chi connectivity index (χ0v) is 22.1. The molecule has 2 aromatic rings. The SMILES string of the molecule is CC(C)C[C@H](NC(=O)[C@@H](N)CC(C)C)C(=O)N(C(=O)OCc1ccccc1)[C@H](C=O)Cc1ccccc1. The molecule has 8 nitrogen and oxygen atoms in total. The van der Waals surface area contributed by atoms with E-state index in [0.717, 1.165) is 16.0 Å². The molecule has 37 heavy (non-hydrogen) atoms. The molecule has 0 aromatic heterocycles. The lowest BCUT2D eigenvalue weighted by atomic mass is 9.99. The molecule has 3 atom stereocenters. The second-order valence-electron chi connectivity index (χ2n) is 10.1. The van der Waals surface area contributed by atoms with Crippen LogP contribution in [0.5, 0.6) is 0 Å². The van der Waals surface area contributed by atoms with E-state index in [1.807, 2.05) is 76.2 Å². The summed E-state index contributed by atoms with van der Waals surface area (Å²) in [7, 11) is 0. The monoisotopic (exact) mass is 509 g/mol. The summed E-state index contributed by atoms with van der Waals surface area (Å²) in [4.78, 5) is 53.0. The molecule has 3 N–H and O–H groups in total. The van der Waals surface area contributed by atoms with Gasteiger partial charge >= 0.3 is 6.09 Å². The number of nitrogens with one attached hydrogen (secondary N) is 1. The minimum atomic E-state index is -1.12. The molecule has 0 aliphatic heterocycles. The van der Waals surface area contributed by atoms with Crippen LogP contribution < -0.4 is 11.1 Å². The van der Waals surface area contributed by atoms with E-state index in [9.17, 15) is 19.2 Å². The van der Waals surface area contributed by atoms with Crippen molar-refractivity contribution in [2.75, 3.05) is 0 Å². The van der Waals surface area contributed by atoms with E-state index in [-0.39, 0.29) is 31.3 Å². The lowest BCUT2D eigenvalue weighted by Gasteiger charge is -2.31. The molecule has 0 saturated heterocycles. The summed E-state index contributed by atoms with van der Waals surface area (Å²) in [6, 6.07) is 15.2. The topological polar surface area (TPSA) is 119 Å². The van der Waals surface area contributed by atoms with E-state index < -0.39 is 36.0 Å². The van der Waals surface area contributed by atoms with Crippen molar-refractivity contribution in [2.24, 2.45) is 17.6 Å². The lowest BCUT2D eigenvalue weighted by Crippen LogP contribution is -2.57. The van der Waals surface area contributed by atoms with E-state index in [1.165, 1.54) is 0 Å². The van der Waals surface area contributed by atoms with Gasteiger partial charge in [0.15, 0.2) is 0 Å². The van der Waals surface area contributed by atoms with Gasteiger partial charge in [-0.25, -0.2) is 9.69 Å². The molecule has 0 radical (unpaired) electrons. The molecule has 200 valence electrons. The molecule has 2 rings (SSSR count). The second kappa shape index (κ2) is 14.9. The van der Waals surface area contributed by atoms with Crippen molar-refractivity contribution in [3.05, 3.63) is 71.8 Å². The number of imide groups is 1. The number of amides is 3. The van der Waals surface area contributed by atoms with Crippen LogP contribution in [0.15, 0.2) is 60.7 Å². The zero-order valence-electron chi connectivity index (χ0n) is 22.1. The Morgan fingerprint density at radius 2 is 1.43 bits per heavy atom. The highest BCUT2D eigenvalue weighted by Crippen LogP contribution is 2.16. The van der Waals surface area contributed by atoms with Gasteiger partial charge in [0.2, 0.25) is 5.91 Å². The number of ether oxygens (including phenoxy) is 1. The van der Waals surface area contributed by atoms with E-state index in [1.54, 1.807) is 12.1 Å². The first-order valence-corrected chi connectivity index (χ1v) is 12.7. The third-order valence-electron chi connectivity index (χ3n) is 5.80. The summed E-state index contributed by atoms with van der Waals surface area (Å²) in [6.07, 6.45) is 0.441. The first-order chi connectivity index (χ1) is 17.6. The van der Waals surface area contributed by atoms with Gasteiger partial charge in [0.25, 0.3) is 5.91 Å². The van der Waals surface area contributed by atoms with Crippen LogP contribution in [0.3, 0.4) is 0 Å². The molecule has 8 heteroatoms. The fourth-order valence-electron chi connectivity index (χ4n) is 3.99. The van der Waals surface area contributed by atoms with Crippen molar-refractivity contribution in [3.8, 4) is 0 Å². The Bertz CT molecular complexity index is 1010. The van der Waals surface area contributed by atoms with Gasteiger partial charge in [-0.1, -0.05) is 88.4 Å². The number of hydrogen-bond donors (Lipinski definition) is 2. The number of carbonyl (C=O) groups excluding carboxylic acids is 4. The molecule has 0 spiro atoms. The van der Waals surface area contributed by atoms with Crippen molar-refractivity contribution in [1.29, 1.82) is 0 Å². The Labute approximate surface area is 219 Å². The van der Waals surface area contributed by atoms with Crippen molar-refractivity contribution in [3.63, 3.8) is 0 Å². The van der Waals surface area contributed by atoms with Gasteiger partial charge in [-0.3, -0.25) is 9.59 Å². The minimum absolute atomic E-state index is 0.0153. The fraction of sp³-hybridized carbons (Fsp3) is 0.448. The van der Waals surface area contributed by atoms with Crippen molar-refractivity contribution >= 4 is 24.2 Å². The molecular weight excluding hydrogens is 470 g/mol. The molecule has 2 aromatic carbocycles. The van der Waals surface area contributed by atoms with Gasteiger partial charge in [0, 0.05) is 6.42 Å². The van der Waals surface area contributed by atoms with Gasteiger partial charge < -0.3 is 20.6 Å². The number of aldehydes is 1. The fourth-order valence-corrected chi connectivity index (χ4v) is 3.99. The molecular formula is C29H39N3O5. The lowest BCUT2D eigenvalue weighted by molar-refractivity contribution is -0.139. The summed E-state index contributed by atoms with van der Waals surface area (Å²) < 4.78 is 5.46. The van der Waals surface area contributed by atoms with Gasteiger partial charge in [0.05, 0.1) is 6.04 Å². The Morgan fingerprint density at radius 3 is 1.95 bits per heavy atom. The maximum atomic E-state index is 13.8. The molecule has 0 heterocycles. The third-order valence-corrected chi connectivity index (χ3v) is 5.80. The molecule has 0 fully saturated rings. The molecule has 0 saturated carbocycles. The Balaban J connectivity index is 2.34. The zero-order chi connectivity index (χ0) is 27.4. The van der Waals surface area contributed by atoms with Crippen LogP contribution in [0.4, 0.5) is 4.79 Å². The summed E-state index contributed by atoms with van der Waals surface area (Å²) in [6.45, 7) is 7.64.